The molecule has 1 saturated heterocycles. The van der Waals surface area contributed by atoms with Crippen molar-refractivity contribution < 1.29 is 9.21 Å². The molecule has 4 nitrogen and oxygen atoms in total. The minimum absolute atomic E-state index is 0.110. The van der Waals surface area contributed by atoms with Gasteiger partial charge in [0.25, 0.3) is 0 Å². The zero-order valence-electron chi connectivity index (χ0n) is 11.7. The topological polar surface area (TPSA) is 54.3 Å². The van der Waals surface area contributed by atoms with Gasteiger partial charge in [-0.1, -0.05) is 18.2 Å². The van der Waals surface area contributed by atoms with E-state index in [0.29, 0.717) is 18.9 Å². The van der Waals surface area contributed by atoms with Crippen LogP contribution in [0.5, 0.6) is 0 Å². The van der Waals surface area contributed by atoms with Crippen LogP contribution in [0.4, 0.5) is 0 Å². The molecule has 3 rings (SSSR count). The van der Waals surface area contributed by atoms with E-state index in [0.717, 1.165) is 41.8 Å². The van der Waals surface area contributed by atoms with Crippen LogP contribution in [0.3, 0.4) is 0 Å². The molecule has 1 aromatic carbocycles. The number of hydrogen-bond donors (Lipinski definition) is 2. The second-order valence-corrected chi connectivity index (χ2v) is 5.49. The van der Waals surface area contributed by atoms with Crippen LogP contribution in [-0.2, 0) is 11.3 Å². The molecular weight excluding hydrogens is 252 g/mol. The Morgan fingerprint density at radius 2 is 2.30 bits per heavy atom. The van der Waals surface area contributed by atoms with E-state index in [1.807, 2.05) is 31.2 Å². The number of amides is 1. The van der Waals surface area contributed by atoms with E-state index in [4.69, 9.17) is 4.42 Å². The lowest BCUT2D eigenvalue weighted by molar-refractivity contribution is -0.122. The van der Waals surface area contributed by atoms with Gasteiger partial charge in [-0.15, -0.1) is 0 Å². The van der Waals surface area contributed by atoms with Crippen molar-refractivity contribution >= 4 is 16.9 Å². The van der Waals surface area contributed by atoms with Crippen molar-refractivity contribution in [3.8, 4) is 0 Å². The third kappa shape index (κ3) is 2.70. The second kappa shape index (κ2) is 5.67. The van der Waals surface area contributed by atoms with Crippen molar-refractivity contribution in [1.29, 1.82) is 0 Å². The molecule has 106 valence electrons. The molecule has 2 aromatic rings. The highest BCUT2D eigenvalue weighted by atomic mass is 16.3. The fraction of sp³-hybridized carbons (Fsp3) is 0.438. The Morgan fingerprint density at radius 1 is 1.45 bits per heavy atom. The highest BCUT2D eigenvalue weighted by molar-refractivity contribution is 5.82. The van der Waals surface area contributed by atoms with E-state index in [1.165, 1.54) is 0 Å². The van der Waals surface area contributed by atoms with E-state index in [1.54, 1.807) is 0 Å². The number of aryl methyl sites for hydroxylation is 1. The maximum Gasteiger partial charge on any atom is 0.220 e. The molecular formula is C16H20N2O2. The van der Waals surface area contributed by atoms with Crippen LogP contribution in [0.1, 0.15) is 24.2 Å². The Kier molecular flexibility index (Phi) is 3.74. The van der Waals surface area contributed by atoms with Gasteiger partial charge in [0.15, 0.2) is 0 Å². The van der Waals surface area contributed by atoms with Gasteiger partial charge in [-0.2, -0.15) is 0 Å². The van der Waals surface area contributed by atoms with Gasteiger partial charge in [0.2, 0.25) is 5.91 Å². The van der Waals surface area contributed by atoms with Gasteiger partial charge in [-0.25, -0.2) is 0 Å². The van der Waals surface area contributed by atoms with Crippen LogP contribution < -0.4 is 10.6 Å². The Balaban J connectivity index is 1.61. The average Bonchev–Trinajstić information content (AvgIpc) is 3.06. The first-order valence-electron chi connectivity index (χ1n) is 7.18. The van der Waals surface area contributed by atoms with E-state index in [2.05, 4.69) is 10.6 Å². The van der Waals surface area contributed by atoms with Crippen LogP contribution in [0.2, 0.25) is 0 Å². The highest BCUT2D eigenvalue weighted by Crippen LogP contribution is 2.24. The first-order chi connectivity index (χ1) is 9.74. The third-order valence-corrected chi connectivity index (χ3v) is 4.03. The van der Waals surface area contributed by atoms with Crippen molar-refractivity contribution in [2.75, 3.05) is 13.1 Å². The van der Waals surface area contributed by atoms with E-state index < -0.39 is 0 Å². The van der Waals surface area contributed by atoms with Crippen LogP contribution in [0.25, 0.3) is 11.0 Å². The second-order valence-electron chi connectivity index (χ2n) is 5.49. The number of nitrogens with one attached hydrogen (secondary N) is 2. The molecule has 1 aromatic heterocycles. The normalized spacial score (nSPS) is 18.6. The average molecular weight is 272 g/mol. The molecule has 1 amide bonds. The Bertz CT molecular complexity index is 612. The lowest BCUT2D eigenvalue weighted by Crippen LogP contribution is -2.25. The lowest BCUT2D eigenvalue weighted by Gasteiger charge is -2.08. The first-order valence-corrected chi connectivity index (χ1v) is 7.18. The van der Waals surface area contributed by atoms with E-state index in [-0.39, 0.29) is 5.91 Å². The number of furan rings is 1. The molecule has 4 heteroatoms. The molecule has 2 heterocycles. The molecule has 1 aliphatic heterocycles. The molecule has 0 spiro atoms. The molecule has 1 atom stereocenters. The SMILES string of the molecule is Cc1c(CNC(=O)C[C@@H]2CCNC2)oc2ccccc12. The molecule has 1 aliphatic rings. The maximum atomic E-state index is 11.9. The monoisotopic (exact) mass is 272 g/mol. The van der Waals surface area contributed by atoms with Crippen molar-refractivity contribution in [2.45, 2.75) is 26.3 Å². The number of para-hydroxylation sites is 1. The summed E-state index contributed by atoms with van der Waals surface area (Å²) in [5.74, 6) is 1.44. The molecule has 20 heavy (non-hydrogen) atoms. The molecule has 0 bridgehead atoms. The standard InChI is InChI=1S/C16H20N2O2/c1-11-13-4-2-3-5-14(13)20-15(11)10-18-16(19)8-12-6-7-17-9-12/h2-5,12,17H,6-10H2,1H3,(H,18,19)/t12-/m0/s1. The van der Waals surface area contributed by atoms with Gasteiger partial charge in [-0.05, 0) is 38.4 Å². The number of rotatable bonds is 4. The zero-order chi connectivity index (χ0) is 13.9. The summed E-state index contributed by atoms with van der Waals surface area (Å²) in [7, 11) is 0. The fourth-order valence-corrected chi connectivity index (χ4v) is 2.80. The van der Waals surface area contributed by atoms with Crippen LogP contribution in [-0.4, -0.2) is 19.0 Å². The van der Waals surface area contributed by atoms with Crippen molar-refractivity contribution in [3.63, 3.8) is 0 Å². The van der Waals surface area contributed by atoms with Crippen molar-refractivity contribution in [3.05, 3.63) is 35.6 Å². The highest BCUT2D eigenvalue weighted by Gasteiger charge is 2.18. The maximum absolute atomic E-state index is 11.9. The molecule has 0 unspecified atom stereocenters. The third-order valence-electron chi connectivity index (χ3n) is 4.03. The summed E-state index contributed by atoms with van der Waals surface area (Å²) in [6, 6.07) is 7.96. The molecule has 0 aliphatic carbocycles. The summed E-state index contributed by atoms with van der Waals surface area (Å²) in [5, 5.41) is 7.37. The smallest absolute Gasteiger partial charge is 0.220 e. The van der Waals surface area contributed by atoms with Gasteiger partial charge in [0.05, 0.1) is 6.54 Å². The number of carbonyl (C=O) groups excluding carboxylic acids is 1. The summed E-state index contributed by atoms with van der Waals surface area (Å²) in [6.07, 6.45) is 1.70. The van der Waals surface area contributed by atoms with Crippen molar-refractivity contribution in [1.82, 2.24) is 10.6 Å². The van der Waals surface area contributed by atoms with E-state index >= 15 is 0 Å². The summed E-state index contributed by atoms with van der Waals surface area (Å²) < 4.78 is 5.79. The summed E-state index contributed by atoms with van der Waals surface area (Å²) >= 11 is 0. The number of carbonyl (C=O) groups is 1. The first kappa shape index (κ1) is 13.2. The van der Waals surface area contributed by atoms with Crippen LogP contribution in [0.15, 0.2) is 28.7 Å². The predicted octanol–water partition coefficient (Wildman–Crippen LogP) is 2.36. The Hall–Kier alpha value is -1.81. The van der Waals surface area contributed by atoms with Gasteiger partial charge < -0.3 is 15.1 Å². The van der Waals surface area contributed by atoms with Gasteiger partial charge in [0.1, 0.15) is 11.3 Å². The molecule has 0 saturated carbocycles. The summed E-state index contributed by atoms with van der Waals surface area (Å²) in [6.45, 7) is 4.49. The van der Waals surface area contributed by atoms with Crippen LogP contribution in [0, 0.1) is 12.8 Å². The number of fused-ring (bicyclic) bond motifs is 1. The number of benzene rings is 1. The molecule has 1 fully saturated rings. The quantitative estimate of drug-likeness (QED) is 0.898. The molecule has 0 radical (unpaired) electrons. The number of hydrogen-bond acceptors (Lipinski definition) is 3. The van der Waals surface area contributed by atoms with E-state index in [9.17, 15) is 4.79 Å². The predicted molar refractivity (Wildman–Crippen MR) is 78.4 cm³/mol. The van der Waals surface area contributed by atoms with Gasteiger partial charge in [0, 0.05) is 17.4 Å². The molecule has 2 N–H and O–H groups in total. The van der Waals surface area contributed by atoms with Gasteiger partial charge >= 0.3 is 0 Å². The largest absolute Gasteiger partial charge is 0.459 e. The fourth-order valence-electron chi connectivity index (χ4n) is 2.80. The summed E-state index contributed by atoms with van der Waals surface area (Å²) in [5.41, 5.74) is 2.00. The summed E-state index contributed by atoms with van der Waals surface area (Å²) in [4.78, 5) is 11.9. The van der Waals surface area contributed by atoms with Crippen molar-refractivity contribution in [2.24, 2.45) is 5.92 Å². The minimum atomic E-state index is 0.110. The Morgan fingerprint density at radius 3 is 3.05 bits per heavy atom. The van der Waals surface area contributed by atoms with Gasteiger partial charge in [-0.3, -0.25) is 4.79 Å². The lowest BCUT2D eigenvalue weighted by atomic mass is 10.0. The minimum Gasteiger partial charge on any atom is -0.459 e. The van der Waals surface area contributed by atoms with Crippen LogP contribution >= 0.6 is 0 Å². The zero-order valence-corrected chi connectivity index (χ0v) is 11.7. The Labute approximate surface area is 118 Å².